The number of morpholine rings is 1. The molecule has 1 saturated heterocycles. The van der Waals surface area contributed by atoms with E-state index in [1.54, 1.807) is 31.1 Å². The topological polar surface area (TPSA) is 74.8 Å². The minimum Gasteiger partial charge on any atom is -0.497 e. The van der Waals surface area contributed by atoms with Crippen LogP contribution in [0.4, 0.5) is 18.9 Å². The van der Waals surface area contributed by atoms with Gasteiger partial charge >= 0.3 is 6.18 Å². The molecule has 0 bridgehead atoms. The van der Waals surface area contributed by atoms with Crippen LogP contribution in [0.1, 0.15) is 27.8 Å². The minimum atomic E-state index is -4.48. The highest BCUT2D eigenvalue weighted by Gasteiger charge is 2.45. The first kappa shape index (κ1) is 42.5. The number of likely N-dealkylation sites (N-methyl/N-ethyl adjacent to an activating group) is 2. The number of hydrogen-bond donors (Lipinski definition) is 0. The number of methoxy groups -OCH3 is 2. The van der Waals surface area contributed by atoms with Gasteiger partial charge in [-0.15, -0.1) is 0 Å². The standard InChI is InChI=1S/C43H48F3IN4O5/c1-48(30-35-26-38(54-3)28-39(27-35)55-4)20-21-49(2)41(53)42(47,29-33-8-6-5-7-9-33)51(31-34-12-17-37(18-13-34)50-22-24-56-25-23-50)40(52)19-14-32-10-15-36(16-11-32)43(44,45)46/h5-19,26-28H,20-25,29-31H2,1-4H3. The van der Waals surface area contributed by atoms with E-state index in [4.69, 9.17) is 14.2 Å². The summed E-state index contributed by atoms with van der Waals surface area (Å²) in [5.41, 5.74) is 3.34. The van der Waals surface area contributed by atoms with Crippen molar-refractivity contribution in [3.8, 4) is 11.5 Å². The maximum absolute atomic E-state index is 14.8. The Morgan fingerprint density at radius 3 is 2.02 bits per heavy atom. The molecular formula is C43H48F3IN4O5. The van der Waals surface area contributed by atoms with Crippen LogP contribution in [-0.2, 0) is 40.0 Å². The van der Waals surface area contributed by atoms with E-state index in [1.807, 2.05) is 79.8 Å². The second kappa shape index (κ2) is 19.5. The maximum atomic E-state index is 14.8. The average molecular weight is 885 g/mol. The summed E-state index contributed by atoms with van der Waals surface area (Å²) >= 11 is 2.12. The summed E-state index contributed by atoms with van der Waals surface area (Å²) in [6.45, 7) is 4.42. The van der Waals surface area contributed by atoms with E-state index in [1.165, 1.54) is 24.3 Å². The highest BCUT2D eigenvalue weighted by atomic mass is 127. The van der Waals surface area contributed by atoms with Crippen LogP contribution in [0, 0.1) is 0 Å². The molecule has 56 heavy (non-hydrogen) atoms. The fourth-order valence-electron chi connectivity index (χ4n) is 6.45. The van der Waals surface area contributed by atoms with E-state index in [0.717, 1.165) is 47.6 Å². The Kier molecular flexibility index (Phi) is 14.8. The molecule has 5 rings (SSSR count). The Balaban J connectivity index is 1.43. The molecule has 1 aliphatic heterocycles. The van der Waals surface area contributed by atoms with Gasteiger partial charge in [0.15, 0.2) is 3.55 Å². The SMILES string of the molecule is COc1cc(CN(C)CCN(C)C(=O)C(I)(Cc2ccccc2)N(Cc2ccc(N3CCOCC3)cc2)C(=O)C=Cc2ccc(C(F)(F)F)cc2)cc(OC)c1. The van der Waals surface area contributed by atoms with E-state index >= 15 is 0 Å². The number of carbonyl (C=O) groups is 2. The van der Waals surface area contributed by atoms with Crippen LogP contribution < -0.4 is 14.4 Å². The second-order valence-corrected chi connectivity index (χ2v) is 15.5. The van der Waals surface area contributed by atoms with Crippen molar-refractivity contribution >= 4 is 46.2 Å². The summed E-state index contributed by atoms with van der Waals surface area (Å²) in [6.07, 6.45) is -1.46. The molecule has 1 fully saturated rings. The maximum Gasteiger partial charge on any atom is 0.416 e. The molecule has 0 aromatic heterocycles. The molecular weight excluding hydrogens is 836 g/mol. The number of alkyl halides is 4. The van der Waals surface area contributed by atoms with Crippen molar-refractivity contribution in [2.24, 2.45) is 0 Å². The Morgan fingerprint density at radius 1 is 0.804 bits per heavy atom. The van der Waals surface area contributed by atoms with Gasteiger partial charge in [0.2, 0.25) is 5.91 Å². The number of nitrogens with zero attached hydrogens (tertiary/aromatic N) is 4. The Hall–Kier alpha value is -4.60. The van der Waals surface area contributed by atoms with Gasteiger partial charge in [-0.25, -0.2) is 0 Å². The molecule has 1 atom stereocenters. The van der Waals surface area contributed by atoms with Crippen LogP contribution in [0.3, 0.4) is 0 Å². The highest BCUT2D eigenvalue weighted by Crippen LogP contribution is 2.34. The highest BCUT2D eigenvalue weighted by molar-refractivity contribution is 14.1. The molecule has 1 heterocycles. The van der Waals surface area contributed by atoms with Crippen molar-refractivity contribution in [3.05, 3.63) is 131 Å². The van der Waals surface area contributed by atoms with Crippen molar-refractivity contribution in [2.45, 2.75) is 29.2 Å². The summed E-state index contributed by atoms with van der Waals surface area (Å²) in [5.74, 6) is 0.644. The predicted molar refractivity (Wildman–Crippen MR) is 221 cm³/mol. The average Bonchev–Trinajstić information content (AvgIpc) is 3.21. The van der Waals surface area contributed by atoms with E-state index in [9.17, 15) is 22.8 Å². The lowest BCUT2D eigenvalue weighted by Crippen LogP contribution is -2.58. The van der Waals surface area contributed by atoms with E-state index in [2.05, 4.69) is 32.4 Å². The quantitative estimate of drug-likeness (QED) is 0.0498. The molecule has 4 aromatic rings. The van der Waals surface area contributed by atoms with Crippen molar-refractivity contribution in [2.75, 3.05) is 72.6 Å². The largest absolute Gasteiger partial charge is 0.497 e. The lowest BCUT2D eigenvalue weighted by Gasteiger charge is -2.41. The molecule has 4 aromatic carbocycles. The summed E-state index contributed by atoms with van der Waals surface area (Å²) in [7, 11) is 6.91. The molecule has 13 heteroatoms. The summed E-state index contributed by atoms with van der Waals surface area (Å²) < 4.78 is 54.7. The van der Waals surface area contributed by atoms with Gasteiger partial charge in [-0.2, -0.15) is 13.2 Å². The first-order valence-corrected chi connectivity index (χ1v) is 19.3. The van der Waals surface area contributed by atoms with E-state index in [-0.39, 0.29) is 18.9 Å². The molecule has 0 N–H and O–H groups in total. The zero-order valence-electron chi connectivity index (χ0n) is 32.1. The van der Waals surface area contributed by atoms with Crippen molar-refractivity contribution < 1.29 is 37.0 Å². The lowest BCUT2D eigenvalue weighted by molar-refractivity contribution is -0.144. The van der Waals surface area contributed by atoms with Gasteiger partial charge in [0.1, 0.15) is 11.5 Å². The van der Waals surface area contributed by atoms with Gasteiger partial charge in [0.25, 0.3) is 5.91 Å². The zero-order valence-corrected chi connectivity index (χ0v) is 34.3. The molecule has 1 aliphatic rings. The number of amides is 2. The predicted octanol–water partition coefficient (Wildman–Crippen LogP) is 7.57. The van der Waals surface area contributed by atoms with E-state index < -0.39 is 21.2 Å². The Bertz CT molecular complexity index is 1900. The number of hydrogen-bond acceptors (Lipinski definition) is 7. The summed E-state index contributed by atoms with van der Waals surface area (Å²) in [4.78, 5) is 36.8. The molecule has 0 saturated carbocycles. The molecule has 0 radical (unpaired) electrons. The number of anilines is 1. The third-order valence-electron chi connectivity index (χ3n) is 9.64. The monoisotopic (exact) mass is 884 g/mol. The van der Waals surface area contributed by atoms with Gasteiger partial charge < -0.3 is 33.8 Å². The third-order valence-corrected chi connectivity index (χ3v) is 11.1. The molecule has 2 amide bonds. The Labute approximate surface area is 340 Å². The molecule has 1 unspecified atom stereocenters. The van der Waals surface area contributed by atoms with Crippen molar-refractivity contribution in [1.29, 1.82) is 0 Å². The smallest absolute Gasteiger partial charge is 0.416 e. The van der Waals surface area contributed by atoms with E-state index in [0.29, 0.717) is 49.9 Å². The number of benzene rings is 4. The fraction of sp³-hybridized carbons (Fsp3) is 0.349. The number of rotatable bonds is 16. The minimum absolute atomic E-state index is 0.104. The van der Waals surface area contributed by atoms with Gasteiger partial charge in [-0.05, 0) is 94.4 Å². The van der Waals surface area contributed by atoms with Crippen LogP contribution >= 0.6 is 22.6 Å². The van der Waals surface area contributed by atoms with Crippen molar-refractivity contribution in [3.63, 3.8) is 0 Å². The first-order chi connectivity index (χ1) is 26.8. The molecule has 0 spiro atoms. The summed E-state index contributed by atoms with van der Waals surface area (Å²) in [6, 6.07) is 27.8. The van der Waals surface area contributed by atoms with Gasteiger partial charge in [-0.1, -0.05) is 54.6 Å². The fourth-order valence-corrected chi connectivity index (χ4v) is 7.71. The van der Waals surface area contributed by atoms with Crippen molar-refractivity contribution in [1.82, 2.24) is 14.7 Å². The summed E-state index contributed by atoms with van der Waals surface area (Å²) in [5, 5.41) is 0. The second-order valence-electron chi connectivity index (χ2n) is 13.8. The van der Waals surface area contributed by atoms with Crippen LogP contribution in [-0.4, -0.2) is 97.8 Å². The lowest BCUT2D eigenvalue weighted by atomic mass is 10.0. The normalized spacial score (nSPS) is 14.4. The van der Waals surface area contributed by atoms with Crippen LogP contribution in [0.5, 0.6) is 11.5 Å². The third kappa shape index (κ3) is 11.5. The molecule has 9 nitrogen and oxygen atoms in total. The zero-order chi connectivity index (χ0) is 40.3. The van der Waals surface area contributed by atoms with Crippen LogP contribution in [0.2, 0.25) is 0 Å². The first-order valence-electron chi connectivity index (χ1n) is 18.3. The van der Waals surface area contributed by atoms with Gasteiger partial charge in [-0.3, -0.25) is 9.59 Å². The number of halogens is 4. The molecule has 0 aliphatic carbocycles. The van der Waals surface area contributed by atoms with Crippen LogP contribution in [0.15, 0.2) is 103 Å². The number of ether oxygens (including phenoxy) is 3. The van der Waals surface area contributed by atoms with Gasteiger partial charge in [0.05, 0.1) is 33.0 Å². The van der Waals surface area contributed by atoms with Gasteiger partial charge in [0, 0.05) is 70.6 Å². The molecule has 298 valence electrons. The van der Waals surface area contributed by atoms with Crippen LogP contribution in [0.25, 0.3) is 6.08 Å². The number of carbonyl (C=O) groups excluding carboxylic acids is 2. The Morgan fingerprint density at radius 2 is 1.43 bits per heavy atom.